The van der Waals surface area contributed by atoms with Crippen molar-refractivity contribution in [3.63, 3.8) is 0 Å². The van der Waals surface area contributed by atoms with Crippen molar-refractivity contribution in [3.05, 3.63) is 42.2 Å². The molecule has 0 amide bonds. The SMILES string of the molecule is CCCCCCCCCC1CCC(C2CCC(C(=O)Oc3ccc(-c4ncc(C#N)cn4)cc3)CC2)CC1. The molecule has 38 heavy (non-hydrogen) atoms. The largest absolute Gasteiger partial charge is 0.426 e. The molecule has 1 aromatic heterocycles. The summed E-state index contributed by atoms with van der Waals surface area (Å²) in [4.78, 5) is 21.3. The molecular formula is C33H45N3O2. The van der Waals surface area contributed by atoms with Crippen molar-refractivity contribution in [2.75, 3.05) is 0 Å². The number of rotatable bonds is 12. The second kappa shape index (κ2) is 15.0. The van der Waals surface area contributed by atoms with E-state index in [1.54, 1.807) is 12.1 Å². The molecule has 204 valence electrons. The average molecular weight is 516 g/mol. The smallest absolute Gasteiger partial charge is 0.314 e. The Morgan fingerprint density at radius 1 is 0.842 bits per heavy atom. The summed E-state index contributed by atoms with van der Waals surface area (Å²) < 4.78 is 5.73. The highest BCUT2D eigenvalue weighted by atomic mass is 16.5. The van der Waals surface area contributed by atoms with Crippen molar-refractivity contribution in [3.8, 4) is 23.2 Å². The zero-order valence-corrected chi connectivity index (χ0v) is 23.2. The minimum absolute atomic E-state index is 0.0152. The molecule has 0 bridgehead atoms. The summed E-state index contributed by atoms with van der Waals surface area (Å²) in [5.41, 5.74) is 1.26. The van der Waals surface area contributed by atoms with Crippen LogP contribution in [-0.4, -0.2) is 15.9 Å². The lowest BCUT2D eigenvalue weighted by Gasteiger charge is -2.37. The Labute approximate surface area is 229 Å². The van der Waals surface area contributed by atoms with E-state index in [0.29, 0.717) is 17.1 Å². The molecular weight excluding hydrogens is 470 g/mol. The van der Waals surface area contributed by atoms with Gasteiger partial charge in [0.15, 0.2) is 5.82 Å². The highest BCUT2D eigenvalue weighted by Crippen LogP contribution is 2.42. The number of nitriles is 1. The fourth-order valence-electron chi connectivity index (χ4n) is 6.57. The van der Waals surface area contributed by atoms with Gasteiger partial charge < -0.3 is 4.74 Å². The van der Waals surface area contributed by atoms with Crippen molar-refractivity contribution in [1.29, 1.82) is 5.26 Å². The van der Waals surface area contributed by atoms with Crippen molar-refractivity contribution in [1.82, 2.24) is 9.97 Å². The minimum Gasteiger partial charge on any atom is -0.426 e. The summed E-state index contributed by atoms with van der Waals surface area (Å²) in [5.74, 6) is 3.66. The van der Waals surface area contributed by atoms with E-state index < -0.39 is 0 Å². The molecule has 5 heteroatoms. The third kappa shape index (κ3) is 8.38. The molecule has 4 rings (SSSR count). The van der Waals surface area contributed by atoms with Crippen LogP contribution in [0.3, 0.4) is 0 Å². The number of esters is 1. The Morgan fingerprint density at radius 3 is 2.03 bits per heavy atom. The number of carbonyl (C=O) groups excluding carboxylic acids is 1. The molecule has 0 N–H and O–H groups in total. The van der Waals surface area contributed by atoms with Crippen molar-refractivity contribution in [2.24, 2.45) is 23.7 Å². The lowest BCUT2D eigenvalue weighted by atomic mass is 9.68. The van der Waals surface area contributed by atoms with Gasteiger partial charge in [0.25, 0.3) is 0 Å². The van der Waals surface area contributed by atoms with Crippen molar-refractivity contribution in [2.45, 2.75) is 110 Å². The maximum atomic E-state index is 12.8. The van der Waals surface area contributed by atoms with Crippen LogP contribution >= 0.6 is 0 Å². The van der Waals surface area contributed by atoms with E-state index in [1.807, 2.05) is 18.2 Å². The molecule has 0 radical (unpaired) electrons. The van der Waals surface area contributed by atoms with Gasteiger partial charge in [-0.2, -0.15) is 5.26 Å². The first-order chi connectivity index (χ1) is 18.7. The predicted octanol–water partition coefficient (Wildman–Crippen LogP) is 8.67. The van der Waals surface area contributed by atoms with Gasteiger partial charge in [-0.25, -0.2) is 9.97 Å². The Hall–Kier alpha value is -2.74. The van der Waals surface area contributed by atoms with Crippen LogP contribution in [0, 0.1) is 35.0 Å². The molecule has 0 saturated heterocycles. The zero-order chi connectivity index (χ0) is 26.6. The number of ether oxygens (including phenoxy) is 1. The van der Waals surface area contributed by atoms with Crippen LogP contribution in [0.25, 0.3) is 11.4 Å². The van der Waals surface area contributed by atoms with Gasteiger partial charge in [-0.15, -0.1) is 0 Å². The van der Waals surface area contributed by atoms with E-state index in [0.717, 1.165) is 36.2 Å². The second-order valence-electron chi connectivity index (χ2n) is 11.7. The van der Waals surface area contributed by atoms with Crippen LogP contribution < -0.4 is 4.74 Å². The summed E-state index contributed by atoms with van der Waals surface area (Å²) in [7, 11) is 0. The first-order valence-corrected chi connectivity index (χ1v) is 15.2. The third-order valence-electron chi connectivity index (χ3n) is 8.99. The quantitative estimate of drug-likeness (QED) is 0.160. The van der Waals surface area contributed by atoms with Gasteiger partial charge in [-0.1, -0.05) is 71.1 Å². The molecule has 5 nitrogen and oxygen atoms in total. The lowest BCUT2D eigenvalue weighted by molar-refractivity contribution is -0.140. The number of carbonyl (C=O) groups is 1. The van der Waals surface area contributed by atoms with Crippen LogP contribution in [0.4, 0.5) is 0 Å². The molecule has 2 aliphatic carbocycles. The number of hydrogen-bond donors (Lipinski definition) is 0. The highest BCUT2D eigenvalue weighted by Gasteiger charge is 2.33. The standard InChI is InChI=1S/C33H45N3O2/c1-2-3-4-5-6-7-8-9-25-10-12-27(13-11-25)28-14-16-30(17-15-28)33(37)38-31-20-18-29(19-21-31)32-35-23-26(22-34)24-36-32/h18-21,23-25,27-28,30H,2-17H2,1H3. The van der Waals surface area contributed by atoms with Crippen molar-refractivity contribution >= 4 is 5.97 Å². The molecule has 0 unspecified atom stereocenters. The van der Waals surface area contributed by atoms with E-state index in [4.69, 9.17) is 10.00 Å². The first kappa shape index (κ1) is 28.3. The number of nitrogens with zero attached hydrogens (tertiary/aromatic N) is 3. The molecule has 2 saturated carbocycles. The van der Waals surface area contributed by atoms with E-state index in [1.165, 1.54) is 102 Å². The van der Waals surface area contributed by atoms with Gasteiger partial charge in [0.2, 0.25) is 0 Å². The monoisotopic (exact) mass is 515 g/mol. The molecule has 2 fully saturated rings. The van der Waals surface area contributed by atoms with Crippen LogP contribution in [0.15, 0.2) is 36.7 Å². The fourth-order valence-corrected chi connectivity index (χ4v) is 6.57. The Morgan fingerprint density at radius 2 is 1.42 bits per heavy atom. The fraction of sp³-hybridized carbons (Fsp3) is 0.636. The molecule has 0 aliphatic heterocycles. The summed E-state index contributed by atoms with van der Waals surface area (Å²) in [6.07, 6.45) is 24.2. The maximum Gasteiger partial charge on any atom is 0.314 e. The molecule has 0 atom stereocenters. The van der Waals surface area contributed by atoms with Crippen LogP contribution in [0.5, 0.6) is 5.75 Å². The van der Waals surface area contributed by atoms with Gasteiger partial charge in [0, 0.05) is 18.0 Å². The summed E-state index contributed by atoms with van der Waals surface area (Å²) in [6, 6.07) is 9.32. The average Bonchev–Trinajstić information content (AvgIpc) is 2.97. The van der Waals surface area contributed by atoms with Gasteiger partial charge >= 0.3 is 5.97 Å². The molecule has 1 aromatic carbocycles. The molecule has 0 spiro atoms. The molecule has 2 aromatic rings. The van der Waals surface area contributed by atoms with E-state index >= 15 is 0 Å². The predicted molar refractivity (Wildman–Crippen MR) is 151 cm³/mol. The second-order valence-corrected chi connectivity index (χ2v) is 11.7. The number of aromatic nitrogens is 2. The van der Waals surface area contributed by atoms with Gasteiger partial charge in [0.1, 0.15) is 11.8 Å². The Kier molecular flexibility index (Phi) is 11.2. The summed E-state index contributed by atoms with van der Waals surface area (Å²) in [6.45, 7) is 2.29. The van der Waals surface area contributed by atoms with Crippen LogP contribution in [0.2, 0.25) is 0 Å². The van der Waals surface area contributed by atoms with E-state index in [2.05, 4.69) is 16.9 Å². The van der Waals surface area contributed by atoms with Gasteiger partial charge in [0.05, 0.1) is 11.5 Å². The summed E-state index contributed by atoms with van der Waals surface area (Å²) >= 11 is 0. The maximum absolute atomic E-state index is 12.8. The third-order valence-corrected chi connectivity index (χ3v) is 8.99. The lowest BCUT2D eigenvalue weighted by Crippen LogP contribution is -2.30. The minimum atomic E-state index is -0.0933. The Bertz CT molecular complexity index is 1010. The van der Waals surface area contributed by atoms with Crippen LogP contribution in [0.1, 0.15) is 115 Å². The van der Waals surface area contributed by atoms with Crippen molar-refractivity contribution < 1.29 is 9.53 Å². The normalized spacial score (nSPS) is 23.5. The van der Waals surface area contributed by atoms with E-state index in [9.17, 15) is 4.79 Å². The first-order valence-electron chi connectivity index (χ1n) is 15.2. The van der Waals surface area contributed by atoms with Gasteiger partial charge in [-0.3, -0.25) is 4.79 Å². The van der Waals surface area contributed by atoms with Crippen LogP contribution in [-0.2, 0) is 4.79 Å². The molecule has 1 heterocycles. The number of hydrogen-bond acceptors (Lipinski definition) is 5. The molecule has 2 aliphatic rings. The highest BCUT2D eigenvalue weighted by molar-refractivity contribution is 5.75. The summed E-state index contributed by atoms with van der Waals surface area (Å²) in [5, 5.41) is 8.90. The van der Waals surface area contributed by atoms with Gasteiger partial charge in [-0.05, 0) is 80.5 Å². The number of unbranched alkanes of at least 4 members (excludes halogenated alkanes) is 6. The topological polar surface area (TPSA) is 75.9 Å². The zero-order valence-electron chi connectivity index (χ0n) is 23.2. The number of benzene rings is 1. The Balaban J connectivity index is 1.13. The van der Waals surface area contributed by atoms with E-state index in [-0.39, 0.29) is 11.9 Å².